The molecule has 2 aliphatic heterocycles. The summed E-state index contributed by atoms with van der Waals surface area (Å²) < 4.78 is 10.9. The summed E-state index contributed by atoms with van der Waals surface area (Å²) in [5, 5.41) is 2.68. The minimum Gasteiger partial charge on any atom is -0.496 e. The lowest BCUT2D eigenvalue weighted by atomic mass is 9.93. The van der Waals surface area contributed by atoms with E-state index in [4.69, 9.17) is 9.47 Å². The molecular weight excluding hydrogens is 652 g/mol. The Balaban J connectivity index is 0.947. The fourth-order valence-corrected chi connectivity index (χ4v) is 7.43. The number of amides is 4. The van der Waals surface area contributed by atoms with E-state index in [1.807, 2.05) is 60.7 Å². The van der Waals surface area contributed by atoms with Crippen LogP contribution < -0.4 is 19.3 Å². The lowest BCUT2D eigenvalue weighted by Crippen LogP contribution is -2.40. The van der Waals surface area contributed by atoms with Gasteiger partial charge < -0.3 is 9.47 Å². The third-order valence-corrected chi connectivity index (χ3v) is 9.98. The monoisotopic (exact) mass is 680 g/mol. The van der Waals surface area contributed by atoms with Crippen LogP contribution in [0.15, 0.2) is 133 Å². The molecule has 2 heterocycles. The Labute approximate surface area is 298 Å². The summed E-state index contributed by atoms with van der Waals surface area (Å²) in [6.07, 6.45) is 0. The fourth-order valence-electron chi connectivity index (χ4n) is 7.43. The highest BCUT2D eigenvalue weighted by Gasteiger charge is 2.36. The molecule has 0 aromatic heterocycles. The van der Waals surface area contributed by atoms with Crippen LogP contribution >= 0.6 is 0 Å². The molecule has 0 unspecified atom stereocenters. The zero-order valence-electron chi connectivity index (χ0n) is 28.0. The highest BCUT2D eigenvalue weighted by molar-refractivity contribution is 6.37. The second-order valence-corrected chi connectivity index (χ2v) is 12.6. The SMILES string of the molecule is COc1ccc2c3c(cccc13)C(=O)N(c1ccc(-c3ccc(-c4ccc(N5C(=O)c6cccc7c(OC)ccc(c67)C5=O)cc4)cc3)cc1)C2=O. The van der Waals surface area contributed by atoms with Crippen molar-refractivity contribution in [1.29, 1.82) is 0 Å². The molecule has 0 bridgehead atoms. The normalized spacial score (nSPS) is 13.7. The number of carbonyl (C=O) groups excluding carboxylic acids is 4. The van der Waals surface area contributed by atoms with E-state index in [0.29, 0.717) is 55.9 Å². The number of imide groups is 2. The van der Waals surface area contributed by atoms with Gasteiger partial charge in [0.1, 0.15) is 11.5 Å². The van der Waals surface area contributed by atoms with Gasteiger partial charge in [-0.1, -0.05) is 72.8 Å². The predicted molar refractivity (Wildman–Crippen MR) is 201 cm³/mol. The molecule has 7 aromatic carbocycles. The van der Waals surface area contributed by atoms with Crippen molar-refractivity contribution in [1.82, 2.24) is 0 Å². The minimum absolute atomic E-state index is 0.378. The van der Waals surface area contributed by atoms with Gasteiger partial charge >= 0.3 is 0 Å². The number of ether oxygens (including phenoxy) is 2. The van der Waals surface area contributed by atoms with Gasteiger partial charge in [-0.25, -0.2) is 9.80 Å². The Kier molecular flexibility index (Phi) is 7.01. The van der Waals surface area contributed by atoms with Crippen LogP contribution in [-0.2, 0) is 0 Å². The van der Waals surface area contributed by atoms with Crippen LogP contribution in [0.4, 0.5) is 11.4 Å². The van der Waals surface area contributed by atoms with Crippen molar-refractivity contribution in [2.75, 3.05) is 24.0 Å². The lowest BCUT2D eigenvalue weighted by molar-refractivity contribution is 0.0877. The zero-order valence-corrected chi connectivity index (χ0v) is 28.0. The van der Waals surface area contributed by atoms with Gasteiger partial charge in [-0.3, -0.25) is 19.2 Å². The highest BCUT2D eigenvalue weighted by Crippen LogP contribution is 2.39. The molecular formula is C44H28N2O6. The molecule has 4 amide bonds. The number of hydrogen-bond donors (Lipinski definition) is 0. The van der Waals surface area contributed by atoms with Gasteiger partial charge in [0.2, 0.25) is 0 Å². The summed E-state index contributed by atoms with van der Waals surface area (Å²) in [5.74, 6) is -0.293. The van der Waals surface area contributed by atoms with E-state index in [-0.39, 0.29) is 23.6 Å². The number of anilines is 2. The first-order chi connectivity index (χ1) is 25.4. The number of carbonyl (C=O) groups is 4. The van der Waals surface area contributed by atoms with Crippen molar-refractivity contribution in [3.63, 3.8) is 0 Å². The number of rotatable bonds is 6. The largest absolute Gasteiger partial charge is 0.496 e. The molecule has 2 aliphatic rings. The average molecular weight is 681 g/mol. The second-order valence-electron chi connectivity index (χ2n) is 12.6. The van der Waals surface area contributed by atoms with Gasteiger partial charge in [-0.2, -0.15) is 0 Å². The quantitative estimate of drug-likeness (QED) is 0.163. The van der Waals surface area contributed by atoms with Crippen LogP contribution in [0.3, 0.4) is 0 Å². The lowest BCUT2D eigenvalue weighted by Gasteiger charge is -2.27. The van der Waals surface area contributed by atoms with Crippen LogP contribution in [0.2, 0.25) is 0 Å². The van der Waals surface area contributed by atoms with Gasteiger partial charge in [0.25, 0.3) is 23.6 Å². The van der Waals surface area contributed by atoms with Crippen molar-refractivity contribution in [3.8, 4) is 33.8 Å². The average Bonchev–Trinajstić information content (AvgIpc) is 3.19. The van der Waals surface area contributed by atoms with Crippen molar-refractivity contribution in [2.45, 2.75) is 0 Å². The van der Waals surface area contributed by atoms with Crippen LogP contribution in [0, 0.1) is 0 Å². The Morgan fingerprint density at radius 3 is 1.00 bits per heavy atom. The van der Waals surface area contributed by atoms with Crippen molar-refractivity contribution >= 4 is 56.5 Å². The maximum absolute atomic E-state index is 13.6. The smallest absolute Gasteiger partial charge is 0.265 e. The zero-order chi connectivity index (χ0) is 35.7. The third kappa shape index (κ3) is 4.54. The fraction of sp³-hybridized carbons (Fsp3) is 0.0455. The maximum atomic E-state index is 13.6. The standard InChI is InChI=1S/C44H28N2O6/c1-51-37-23-21-35-39-31(37)5-3-7-33(39)41(47)45(43(35)49)29-17-13-27(14-18-29)25-9-11-26(12-10-25)28-15-19-30(20-16-28)46-42(48)34-8-4-6-32-38(52-2)24-22-36(40(32)34)44(46)50/h3-24H,1-2H3. The van der Waals surface area contributed by atoms with E-state index in [1.54, 1.807) is 87.0 Å². The summed E-state index contributed by atoms with van der Waals surface area (Å²) in [7, 11) is 3.13. The highest BCUT2D eigenvalue weighted by atomic mass is 16.5. The molecule has 0 saturated carbocycles. The van der Waals surface area contributed by atoms with Crippen molar-refractivity contribution in [2.24, 2.45) is 0 Å². The molecule has 0 spiro atoms. The van der Waals surface area contributed by atoms with E-state index in [0.717, 1.165) is 33.0 Å². The molecule has 0 atom stereocenters. The van der Waals surface area contributed by atoms with Gasteiger partial charge in [-0.15, -0.1) is 0 Å². The van der Waals surface area contributed by atoms with E-state index >= 15 is 0 Å². The minimum atomic E-state index is -0.378. The van der Waals surface area contributed by atoms with Crippen LogP contribution in [0.25, 0.3) is 43.8 Å². The molecule has 0 saturated heterocycles. The van der Waals surface area contributed by atoms with Gasteiger partial charge in [0.05, 0.1) is 25.6 Å². The number of hydrogen-bond acceptors (Lipinski definition) is 6. The molecule has 8 heteroatoms. The summed E-state index contributed by atoms with van der Waals surface area (Å²) in [5.41, 5.74) is 6.55. The van der Waals surface area contributed by atoms with E-state index < -0.39 is 0 Å². The number of nitrogens with zero attached hydrogens (tertiary/aromatic N) is 2. The van der Waals surface area contributed by atoms with Crippen molar-refractivity contribution < 1.29 is 28.7 Å². The molecule has 8 nitrogen and oxygen atoms in total. The molecule has 7 aromatic rings. The Morgan fingerprint density at radius 1 is 0.365 bits per heavy atom. The van der Waals surface area contributed by atoms with E-state index in [2.05, 4.69) is 0 Å². The maximum Gasteiger partial charge on any atom is 0.265 e. The van der Waals surface area contributed by atoms with Crippen LogP contribution in [0.5, 0.6) is 11.5 Å². The first-order valence-corrected chi connectivity index (χ1v) is 16.7. The van der Waals surface area contributed by atoms with Gasteiger partial charge in [-0.05, 0) is 82.9 Å². The van der Waals surface area contributed by atoms with Gasteiger partial charge in [0, 0.05) is 43.8 Å². The van der Waals surface area contributed by atoms with Crippen LogP contribution in [0.1, 0.15) is 41.4 Å². The number of benzene rings is 7. The summed E-state index contributed by atoms with van der Waals surface area (Å²) in [4.78, 5) is 56.9. The van der Waals surface area contributed by atoms with E-state index in [1.165, 1.54) is 9.80 Å². The molecule has 0 radical (unpaired) electrons. The molecule has 0 N–H and O–H groups in total. The first-order valence-electron chi connectivity index (χ1n) is 16.7. The Bertz CT molecular complexity index is 2430. The first kappa shape index (κ1) is 31.0. The predicted octanol–water partition coefficient (Wildman–Crippen LogP) is 8.95. The number of methoxy groups -OCH3 is 2. The molecule has 52 heavy (non-hydrogen) atoms. The molecule has 250 valence electrons. The Hall–Kier alpha value is -7.06. The second kappa shape index (κ2) is 11.8. The summed E-state index contributed by atoms with van der Waals surface area (Å²) in [6.45, 7) is 0. The van der Waals surface area contributed by atoms with Gasteiger partial charge in [0.15, 0.2) is 0 Å². The Morgan fingerprint density at radius 2 is 0.673 bits per heavy atom. The molecule has 0 fully saturated rings. The van der Waals surface area contributed by atoms with Crippen LogP contribution in [-0.4, -0.2) is 37.8 Å². The third-order valence-electron chi connectivity index (χ3n) is 9.98. The summed E-state index contributed by atoms with van der Waals surface area (Å²) in [6, 6.07) is 40.4. The van der Waals surface area contributed by atoms with E-state index in [9.17, 15) is 19.2 Å². The molecule has 9 rings (SSSR count). The molecule has 0 aliphatic carbocycles. The topological polar surface area (TPSA) is 93.2 Å². The van der Waals surface area contributed by atoms with Crippen molar-refractivity contribution in [3.05, 3.63) is 156 Å². The summed E-state index contributed by atoms with van der Waals surface area (Å²) >= 11 is 0.